The van der Waals surface area contributed by atoms with E-state index in [2.05, 4.69) is 5.32 Å². The second kappa shape index (κ2) is 8.84. The Bertz CT molecular complexity index is 659. The molecule has 0 aliphatic heterocycles. The zero-order chi connectivity index (χ0) is 17.4. The van der Waals surface area contributed by atoms with E-state index in [0.29, 0.717) is 12.8 Å². The minimum absolute atomic E-state index is 0.146. The van der Waals surface area contributed by atoms with Gasteiger partial charge in [-0.25, -0.2) is 0 Å². The van der Waals surface area contributed by atoms with Crippen LogP contribution in [0, 0.1) is 0 Å². The van der Waals surface area contributed by atoms with Gasteiger partial charge < -0.3 is 16.8 Å². The smallest absolute Gasteiger partial charge is 0.240 e. The van der Waals surface area contributed by atoms with Gasteiger partial charge in [-0.05, 0) is 17.5 Å². The van der Waals surface area contributed by atoms with Crippen molar-refractivity contribution in [1.29, 1.82) is 0 Å². The molecule has 2 rings (SSSR count). The second-order valence-electron chi connectivity index (χ2n) is 5.87. The predicted octanol–water partition coefficient (Wildman–Crippen LogP) is 1.16. The Morgan fingerprint density at radius 2 is 1.38 bits per heavy atom. The number of carbonyl (C=O) groups excluding carboxylic acids is 2. The van der Waals surface area contributed by atoms with Crippen LogP contribution in [0.5, 0.6) is 0 Å². The van der Waals surface area contributed by atoms with Crippen LogP contribution in [-0.2, 0) is 22.4 Å². The highest BCUT2D eigenvalue weighted by Gasteiger charge is 2.20. The third-order valence-corrected chi connectivity index (χ3v) is 3.75. The summed E-state index contributed by atoms with van der Waals surface area (Å²) in [5.74, 6) is -0.818. The number of rotatable bonds is 8. The van der Waals surface area contributed by atoms with Crippen molar-refractivity contribution < 1.29 is 9.59 Å². The number of nitrogens with one attached hydrogen (secondary N) is 1. The fourth-order valence-electron chi connectivity index (χ4n) is 2.55. The maximum absolute atomic E-state index is 12.1. The normalized spacial score (nSPS) is 13.0. The lowest BCUT2D eigenvalue weighted by molar-refractivity contribution is -0.127. The van der Waals surface area contributed by atoms with Crippen molar-refractivity contribution in [2.24, 2.45) is 11.5 Å². The molecule has 0 aliphatic carbocycles. The molecule has 2 aromatic rings. The predicted molar refractivity (Wildman–Crippen MR) is 94.0 cm³/mol. The number of primary amides is 1. The molecule has 2 atom stereocenters. The van der Waals surface area contributed by atoms with Crippen LogP contribution in [0.2, 0.25) is 0 Å². The number of hydrogen-bond acceptors (Lipinski definition) is 3. The quantitative estimate of drug-likeness (QED) is 0.679. The standard InChI is InChI=1S/C19H23N3O2/c20-16(11-14-7-3-1-4-8-14)13-18(23)22-17(19(21)24)12-15-9-5-2-6-10-15/h1-10,16-17H,11-13,20H2,(H2,21,24)(H,22,23). The van der Waals surface area contributed by atoms with E-state index in [1.807, 2.05) is 60.7 Å². The first-order chi connectivity index (χ1) is 11.5. The van der Waals surface area contributed by atoms with Crippen LogP contribution in [-0.4, -0.2) is 23.9 Å². The average Bonchev–Trinajstić information content (AvgIpc) is 2.55. The molecule has 2 amide bonds. The van der Waals surface area contributed by atoms with Gasteiger partial charge in [0.25, 0.3) is 0 Å². The van der Waals surface area contributed by atoms with Crippen molar-refractivity contribution in [2.75, 3.05) is 0 Å². The van der Waals surface area contributed by atoms with E-state index in [9.17, 15) is 9.59 Å². The third-order valence-electron chi connectivity index (χ3n) is 3.75. The second-order valence-corrected chi connectivity index (χ2v) is 5.87. The number of hydrogen-bond donors (Lipinski definition) is 3. The number of amides is 2. The third kappa shape index (κ3) is 5.85. The van der Waals surface area contributed by atoms with E-state index in [1.165, 1.54) is 0 Å². The van der Waals surface area contributed by atoms with Gasteiger partial charge in [-0.1, -0.05) is 60.7 Å². The Kier molecular flexibility index (Phi) is 6.51. The molecular formula is C19H23N3O2. The zero-order valence-electron chi connectivity index (χ0n) is 13.5. The fraction of sp³-hybridized carbons (Fsp3) is 0.263. The van der Waals surface area contributed by atoms with Crippen molar-refractivity contribution in [3.63, 3.8) is 0 Å². The van der Waals surface area contributed by atoms with Crippen LogP contribution in [0.1, 0.15) is 17.5 Å². The largest absolute Gasteiger partial charge is 0.368 e. The molecule has 5 N–H and O–H groups in total. The Morgan fingerprint density at radius 1 is 0.875 bits per heavy atom. The molecule has 0 aromatic heterocycles. The SMILES string of the molecule is NC(=O)C(Cc1ccccc1)NC(=O)CC(N)Cc1ccccc1. The highest BCUT2D eigenvalue weighted by molar-refractivity contribution is 5.87. The molecule has 0 fully saturated rings. The summed E-state index contributed by atoms with van der Waals surface area (Å²) in [6.45, 7) is 0. The monoisotopic (exact) mass is 325 g/mol. The molecule has 2 unspecified atom stereocenters. The summed E-state index contributed by atoms with van der Waals surface area (Å²) in [7, 11) is 0. The first-order valence-corrected chi connectivity index (χ1v) is 7.96. The van der Waals surface area contributed by atoms with Gasteiger partial charge in [0.05, 0.1) is 0 Å². The van der Waals surface area contributed by atoms with E-state index < -0.39 is 11.9 Å². The van der Waals surface area contributed by atoms with Gasteiger partial charge in [0.1, 0.15) is 6.04 Å². The minimum Gasteiger partial charge on any atom is -0.368 e. The molecule has 0 saturated heterocycles. The average molecular weight is 325 g/mol. The topological polar surface area (TPSA) is 98.2 Å². The molecule has 0 aliphatic rings. The molecule has 0 spiro atoms. The van der Waals surface area contributed by atoms with Gasteiger partial charge >= 0.3 is 0 Å². The van der Waals surface area contributed by atoms with Crippen LogP contribution in [0.15, 0.2) is 60.7 Å². The van der Waals surface area contributed by atoms with E-state index in [-0.39, 0.29) is 18.4 Å². The Morgan fingerprint density at radius 3 is 1.88 bits per heavy atom. The van der Waals surface area contributed by atoms with Crippen molar-refractivity contribution >= 4 is 11.8 Å². The van der Waals surface area contributed by atoms with Gasteiger partial charge in [0.2, 0.25) is 11.8 Å². The van der Waals surface area contributed by atoms with Gasteiger partial charge in [0.15, 0.2) is 0 Å². The van der Waals surface area contributed by atoms with Gasteiger partial charge in [-0.2, -0.15) is 0 Å². The highest BCUT2D eigenvalue weighted by atomic mass is 16.2. The zero-order valence-corrected chi connectivity index (χ0v) is 13.5. The molecular weight excluding hydrogens is 302 g/mol. The molecule has 0 heterocycles. The summed E-state index contributed by atoms with van der Waals surface area (Å²) in [5.41, 5.74) is 13.5. The fourth-order valence-corrected chi connectivity index (χ4v) is 2.55. The lowest BCUT2D eigenvalue weighted by Crippen LogP contribution is -2.47. The van der Waals surface area contributed by atoms with Gasteiger partial charge in [-0.3, -0.25) is 9.59 Å². The lowest BCUT2D eigenvalue weighted by Gasteiger charge is -2.17. The van der Waals surface area contributed by atoms with Crippen LogP contribution in [0.3, 0.4) is 0 Å². The first-order valence-electron chi connectivity index (χ1n) is 7.96. The van der Waals surface area contributed by atoms with Crippen LogP contribution in [0.25, 0.3) is 0 Å². The summed E-state index contributed by atoms with van der Waals surface area (Å²) in [5, 5.41) is 2.69. The summed E-state index contributed by atoms with van der Waals surface area (Å²) in [4.78, 5) is 23.7. The molecule has 126 valence electrons. The van der Waals surface area contributed by atoms with E-state index in [1.54, 1.807) is 0 Å². The van der Waals surface area contributed by atoms with E-state index in [0.717, 1.165) is 11.1 Å². The number of nitrogens with two attached hydrogens (primary N) is 2. The van der Waals surface area contributed by atoms with Crippen LogP contribution < -0.4 is 16.8 Å². The minimum atomic E-state index is -0.733. The van der Waals surface area contributed by atoms with E-state index in [4.69, 9.17) is 11.5 Å². The summed E-state index contributed by atoms with van der Waals surface area (Å²) >= 11 is 0. The first kappa shape index (κ1) is 17.7. The highest BCUT2D eigenvalue weighted by Crippen LogP contribution is 2.06. The van der Waals surface area contributed by atoms with Crippen LogP contribution >= 0.6 is 0 Å². The van der Waals surface area contributed by atoms with Gasteiger partial charge in [0, 0.05) is 18.9 Å². The van der Waals surface area contributed by atoms with Crippen molar-refractivity contribution in [1.82, 2.24) is 5.32 Å². The van der Waals surface area contributed by atoms with Crippen molar-refractivity contribution in [2.45, 2.75) is 31.3 Å². The Balaban J connectivity index is 1.87. The van der Waals surface area contributed by atoms with Crippen LogP contribution in [0.4, 0.5) is 0 Å². The maximum Gasteiger partial charge on any atom is 0.240 e. The van der Waals surface area contributed by atoms with Gasteiger partial charge in [-0.15, -0.1) is 0 Å². The summed E-state index contributed by atoms with van der Waals surface area (Å²) < 4.78 is 0. The Hall–Kier alpha value is -2.66. The molecule has 24 heavy (non-hydrogen) atoms. The maximum atomic E-state index is 12.1. The molecule has 0 radical (unpaired) electrons. The Labute approximate surface area is 142 Å². The number of carbonyl (C=O) groups is 2. The van der Waals surface area contributed by atoms with Crippen molar-refractivity contribution in [3.05, 3.63) is 71.8 Å². The summed E-state index contributed by atoms with van der Waals surface area (Å²) in [6.07, 6.45) is 1.12. The molecule has 5 nitrogen and oxygen atoms in total. The number of benzene rings is 2. The molecule has 0 saturated carbocycles. The summed E-state index contributed by atoms with van der Waals surface area (Å²) in [6, 6.07) is 18.1. The molecule has 0 bridgehead atoms. The molecule has 5 heteroatoms. The lowest BCUT2D eigenvalue weighted by atomic mass is 10.0. The molecule has 2 aromatic carbocycles. The van der Waals surface area contributed by atoms with E-state index >= 15 is 0 Å². The van der Waals surface area contributed by atoms with Crippen molar-refractivity contribution in [3.8, 4) is 0 Å².